The van der Waals surface area contributed by atoms with Gasteiger partial charge in [0.25, 0.3) is 0 Å². The summed E-state index contributed by atoms with van der Waals surface area (Å²) >= 11 is 3.21. The van der Waals surface area contributed by atoms with Crippen molar-refractivity contribution >= 4 is 15.9 Å². The first-order valence-corrected chi connectivity index (χ1v) is 4.88. The molecule has 0 spiro atoms. The predicted molar refractivity (Wildman–Crippen MR) is 55.1 cm³/mol. The number of hydrogen-bond acceptors (Lipinski definition) is 2. The van der Waals surface area contributed by atoms with E-state index in [2.05, 4.69) is 25.9 Å². The molecule has 0 saturated carbocycles. The third kappa shape index (κ3) is 2.02. The quantitative estimate of drug-likeness (QED) is 0.744. The van der Waals surface area contributed by atoms with Crippen molar-refractivity contribution in [3.63, 3.8) is 0 Å². The molecular formula is C10H5BrF2N2. The maximum absolute atomic E-state index is 13.0. The Bertz CT molecular complexity index is 503. The van der Waals surface area contributed by atoms with Gasteiger partial charge in [0.1, 0.15) is 10.9 Å². The summed E-state index contributed by atoms with van der Waals surface area (Å²) in [7, 11) is 0. The van der Waals surface area contributed by atoms with Gasteiger partial charge in [-0.1, -0.05) is 6.07 Å². The zero-order valence-corrected chi connectivity index (χ0v) is 9.00. The van der Waals surface area contributed by atoms with Gasteiger partial charge >= 0.3 is 0 Å². The maximum Gasteiger partial charge on any atom is 0.159 e. The molecule has 0 aliphatic rings. The van der Waals surface area contributed by atoms with Gasteiger partial charge in [-0.25, -0.2) is 18.7 Å². The molecule has 2 nitrogen and oxygen atoms in total. The topological polar surface area (TPSA) is 25.8 Å². The second-order valence-electron chi connectivity index (χ2n) is 2.86. The van der Waals surface area contributed by atoms with Crippen LogP contribution in [0.3, 0.4) is 0 Å². The monoisotopic (exact) mass is 270 g/mol. The van der Waals surface area contributed by atoms with Crippen LogP contribution < -0.4 is 0 Å². The van der Waals surface area contributed by atoms with E-state index in [1.54, 1.807) is 0 Å². The number of halogens is 3. The highest BCUT2D eigenvalue weighted by molar-refractivity contribution is 9.10. The summed E-state index contributed by atoms with van der Waals surface area (Å²) in [5.74, 6) is -1.75. The molecule has 0 aliphatic carbocycles. The molecule has 1 aromatic heterocycles. The minimum absolute atomic E-state index is 0.529. The van der Waals surface area contributed by atoms with Gasteiger partial charge in [0, 0.05) is 11.8 Å². The number of aromatic nitrogens is 2. The first kappa shape index (κ1) is 10.2. The molecule has 76 valence electrons. The van der Waals surface area contributed by atoms with Crippen LogP contribution in [0.15, 0.2) is 35.3 Å². The molecule has 0 fully saturated rings. The molecule has 0 saturated heterocycles. The van der Waals surface area contributed by atoms with E-state index in [0.717, 1.165) is 12.1 Å². The normalized spacial score (nSPS) is 10.3. The van der Waals surface area contributed by atoms with Crippen molar-refractivity contribution in [3.05, 3.63) is 47.0 Å². The van der Waals surface area contributed by atoms with Crippen LogP contribution in [-0.2, 0) is 0 Å². The highest BCUT2D eigenvalue weighted by Crippen LogP contribution is 2.26. The fraction of sp³-hybridized carbons (Fsp3) is 0. The van der Waals surface area contributed by atoms with Crippen molar-refractivity contribution in [1.82, 2.24) is 9.97 Å². The van der Waals surface area contributed by atoms with Crippen molar-refractivity contribution in [1.29, 1.82) is 0 Å². The fourth-order valence-corrected chi connectivity index (χ4v) is 1.59. The van der Waals surface area contributed by atoms with E-state index in [1.807, 2.05) is 0 Å². The Hall–Kier alpha value is -1.36. The minimum Gasteiger partial charge on any atom is -0.244 e. The fourth-order valence-electron chi connectivity index (χ4n) is 1.17. The van der Waals surface area contributed by atoms with Crippen LogP contribution in [-0.4, -0.2) is 9.97 Å². The average Bonchev–Trinajstić information content (AvgIpc) is 2.23. The Labute approximate surface area is 93.1 Å². The molecule has 0 atom stereocenters. The smallest absolute Gasteiger partial charge is 0.159 e. The van der Waals surface area contributed by atoms with E-state index in [1.165, 1.54) is 18.6 Å². The summed E-state index contributed by atoms with van der Waals surface area (Å²) in [5.41, 5.74) is 1.15. The lowest BCUT2D eigenvalue weighted by Crippen LogP contribution is -1.88. The first-order chi connectivity index (χ1) is 7.18. The summed E-state index contributed by atoms with van der Waals surface area (Å²) in [6, 6.07) is 3.66. The van der Waals surface area contributed by atoms with Gasteiger partial charge in [-0.15, -0.1) is 0 Å². The molecule has 1 heterocycles. The molecule has 2 rings (SSSR count). The van der Waals surface area contributed by atoms with Crippen LogP contribution in [0.1, 0.15) is 0 Å². The lowest BCUT2D eigenvalue weighted by Gasteiger charge is -2.03. The summed E-state index contributed by atoms with van der Waals surface area (Å²) in [6.07, 6.45) is 2.90. The molecule has 0 N–H and O–H groups in total. The van der Waals surface area contributed by atoms with E-state index < -0.39 is 11.6 Å². The van der Waals surface area contributed by atoms with Crippen molar-refractivity contribution < 1.29 is 8.78 Å². The van der Waals surface area contributed by atoms with Crippen LogP contribution in [0.5, 0.6) is 0 Å². The lowest BCUT2D eigenvalue weighted by molar-refractivity contribution is 0.509. The zero-order chi connectivity index (χ0) is 10.8. The molecule has 0 unspecified atom stereocenters. The molecule has 0 radical (unpaired) electrons. The summed E-state index contributed by atoms with van der Waals surface area (Å²) in [4.78, 5) is 7.71. The second-order valence-corrected chi connectivity index (χ2v) is 3.61. The summed E-state index contributed by atoms with van der Waals surface area (Å²) < 4.78 is 26.2. The largest absolute Gasteiger partial charge is 0.244 e. The molecule has 1 aromatic carbocycles. The van der Waals surface area contributed by atoms with Crippen LogP contribution in [0.25, 0.3) is 11.1 Å². The standard InChI is InChI=1S/C10H5BrF2N2/c11-10-7(4-14-5-15-10)6-1-2-8(12)9(13)3-6/h1-5H. The highest BCUT2D eigenvalue weighted by Gasteiger charge is 2.07. The first-order valence-electron chi connectivity index (χ1n) is 4.09. The van der Waals surface area contributed by atoms with Gasteiger partial charge in [0.2, 0.25) is 0 Å². The lowest BCUT2D eigenvalue weighted by atomic mass is 10.1. The van der Waals surface area contributed by atoms with Crippen LogP contribution in [0, 0.1) is 11.6 Å². The summed E-state index contributed by atoms with van der Waals surface area (Å²) in [6.45, 7) is 0. The van der Waals surface area contributed by atoms with Crippen molar-refractivity contribution in [2.75, 3.05) is 0 Å². The Morgan fingerprint density at radius 3 is 2.60 bits per heavy atom. The van der Waals surface area contributed by atoms with Crippen molar-refractivity contribution in [2.24, 2.45) is 0 Å². The SMILES string of the molecule is Fc1ccc(-c2cncnc2Br)cc1F. The Kier molecular flexibility index (Phi) is 2.73. The van der Waals surface area contributed by atoms with Crippen LogP contribution >= 0.6 is 15.9 Å². The maximum atomic E-state index is 13.0. The molecule has 0 amide bonds. The Morgan fingerprint density at radius 1 is 1.13 bits per heavy atom. The average molecular weight is 271 g/mol. The second kappa shape index (κ2) is 4.02. The van der Waals surface area contributed by atoms with E-state index in [4.69, 9.17) is 0 Å². The summed E-state index contributed by atoms with van der Waals surface area (Å²) in [5, 5.41) is 0. The van der Waals surface area contributed by atoms with E-state index in [9.17, 15) is 8.78 Å². The van der Waals surface area contributed by atoms with Gasteiger partial charge in [0.15, 0.2) is 11.6 Å². The third-order valence-corrected chi connectivity index (χ3v) is 2.53. The molecule has 5 heteroatoms. The van der Waals surface area contributed by atoms with E-state index >= 15 is 0 Å². The van der Waals surface area contributed by atoms with Gasteiger partial charge in [-0.3, -0.25) is 0 Å². The van der Waals surface area contributed by atoms with E-state index in [-0.39, 0.29) is 0 Å². The van der Waals surface area contributed by atoms with Gasteiger partial charge in [-0.05, 0) is 33.6 Å². The van der Waals surface area contributed by atoms with Gasteiger partial charge < -0.3 is 0 Å². The van der Waals surface area contributed by atoms with E-state index in [0.29, 0.717) is 15.7 Å². The highest BCUT2D eigenvalue weighted by atomic mass is 79.9. The van der Waals surface area contributed by atoms with Gasteiger partial charge in [-0.2, -0.15) is 0 Å². The number of hydrogen-bond donors (Lipinski definition) is 0. The molecular weight excluding hydrogens is 266 g/mol. The van der Waals surface area contributed by atoms with Crippen molar-refractivity contribution in [2.45, 2.75) is 0 Å². The molecule has 15 heavy (non-hydrogen) atoms. The Balaban J connectivity index is 2.55. The number of rotatable bonds is 1. The molecule has 2 aromatic rings. The predicted octanol–water partition coefficient (Wildman–Crippen LogP) is 3.18. The molecule has 0 aliphatic heterocycles. The number of benzene rings is 1. The Morgan fingerprint density at radius 2 is 1.93 bits per heavy atom. The van der Waals surface area contributed by atoms with Crippen LogP contribution in [0.2, 0.25) is 0 Å². The minimum atomic E-state index is -0.886. The zero-order valence-electron chi connectivity index (χ0n) is 7.42. The molecule has 0 bridgehead atoms. The van der Waals surface area contributed by atoms with Crippen LogP contribution in [0.4, 0.5) is 8.78 Å². The third-order valence-electron chi connectivity index (χ3n) is 1.89. The number of nitrogens with zero attached hydrogens (tertiary/aromatic N) is 2. The van der Waals surface area contributed by atoms with Crippen molar-refractivity contribution in [3.8, 4) is 11.1 Å². The van der Waals surface area contributed by atoms with Gasteiger partial charge in [0.05, 0.1) is 0 Å².